The second kappa shape index (κ2) is 5.41. The Balaban J connectivity index is 2.43. The molecule has 1 N–H and O–H groups in total. The van der Waals surface area contributed by atoms with Gasteiger partial charge in [-0.05, 0) is 44.2 Å². The number of aliphatic hydroxyl groups is 1. The molecule has 0 aliphatic heterocycles. The third-order valence-electron chi connectivity index (χ3n) is 3.22. The molecule has 2 rings (SSSR count). The highest BCUT2D eigenvalue weighted by Gasteiger charge is 2.13. The van der Waals surface area contributed by atoms with Gasteiger partial charge in [0.15, 0.2) is 0 Å². The predicted molar refractivity (Wildman–Crippen MR) is 76.3 cm³/mol. The molecule has 0 saturated carbocycles. The van der Waals surface area contributed by atoms with E-state index in [0.717, 1.165) is 11.4 Å². The van der Waals surface area contributed by atoms with Crippen molar-refractivity contribution < 1.29 is 9.50 Å². The van der Waals surface area contributed by atoms with E-state index in [0.29, 0.717) is 5.56 Å². The topological polar surface area (TPSA) is 23.5 Å². The largest absolute Gasteiger partial charge is 0.389 e. The summed E-state index contributed by atoms with van der Waals surface area (Å²) in [6, 6.07) is 12.5. The summed E-state index contributed by atoms with van der Waals surface area (Å²) >= 11 is 0. The lowest BCUT2D eigenvalue weighted by Gasteiger charge is -2.24. The molecule has 0 heterocycles. The van der Waals surface area contributed by atoms with Crippen LogP contribution in [0.25, 0.3) is 0 Å². The molecular formula is C16H18FNO. The Morgan fingerprint density at radius 3 is 2.32 bits per heavy atom. The fourth-order valence-electron chi connectivity index (χ4n) is 2.07. The Labute approximate surface area is 113 Å². The van der Waals surface area contributed by atoms with Gasteiger partial charge in [0.25, 0.3) is 0 Å². The van der Waals surface area contributed by atoms with Gasteiger partial charge in [0.2, 0.25) is 0 Å². The molecule has 19 heavy (non-hydrogen) atoms. The predicted octanol–water partition coefficient (Wildman–Crippen LogP) is 3.96. The van der Waals surface area contributed by atoms with Crippen molar-refractivity contribution in [1.29, 1.82) is 0 Å². The Morgan fingerprint density at radius 1 is 1.11 bits per heavy atom. The summed E-state index contributed by atoms with van der Waals surface area (Å²) in [6.07, 6.45) is -0.710. The van der Waals surface area contributed by atoms with Gasteiger partial charge in [0, 0.05) is 24.0 Å². The zero-order valence-electron chi connectivity index (χ0n) is 11.4. The zero-order chi connectivity index (χ0) is 14.0. The van der Waals surface area contributed by atoms with Crippen LogP contribution in [0, 0.1) is 12.7 Å². The number of hydrogen-bond donors (Lipinski definition) is 1. The maximum absolute atomic E-state index is 13.3. The second-order valence-corrected chi connectivity index (χ2v) is 4.77. The molecule has 0 aromatic heterocycles. The van der Waals surface area contributed by atoms with Gasteiger partial charge in [-0.2, -0.15) is 0 Å². The van der Waals surface area contributed by atoms with Gasteiger partial charge in [0.05, 0.1) is 6.10 Å². The Morgan fingerprint density at radius 2 is 1.74 bits per heavy atom. The molecular weight excluding hydrogens is 241 g/mol. The van der Waals surface area contributed by atoms with E-state index in [2.05, 4.69) is 0 Å². The molecule has 0 radical (unpaired) electrons. The van der Waals surface area contributed by atoms with Crippen LogP contribution in [0.3, 0.4) is 0 Å². The first kappa shape index (κ1) is 13.6. The van der Waals surface area contributed by atoms with Crippen LogP contribution in [0.5, 0.6) is 0 Å². The van der Waals surface area contributed by atoms with Crippen molar-refractivity contribution in [1.82, 2.24) is 0 Å². The summed E-state index contributed by atoms with van der Waals surface area (Å²) in [6.45, 7) is 3.67. The van der Waals surface area contributed by atoms with Crippen LogP contribution in [-0.2, 0) is 0 Å². The lowest BCUT2D eigenvalue weighted by atomic mass is 10.1. The molecule has 2 aromatic rings. The fourth-order valence-corrected chi connectivity index (χ4v) is 2.07. The molecule has 2 aromatic carbocycles. The summed E-state index contributed by atoms with van der Waals surface area (Å²) in [5.74, 6) is -0.336. The molecule has 3 heteroatoms. The first-order valence-corrected chi connectivity index (χ1v) is 6.27. The van der Waals surface area contributed by atoms with E-state index in [-0.39, 0.29) is 5.82 Å². The smallest absolute Gasteiger partial charge is 0.123 e. The van der Waals surface area contributed by atoms with E-state index >= 15 is 0 Å². The molecule has 100 valence electrons. The molecule has 1 unspecified atom stereocenters. The van der Waals surface area contributed by atoms with Gasteiger partial charge in [-0.3, -0.25) is 0 Å². The SMILES string of the molecule is Cc1ccc(N(C)c2ccc(F)cc2C(C)O)cc1. The monoisotopic (exact) mass is 259 g/mol. The van der Waals surface area contributed by atoms with Gasteiger partial charge in [-0.15, -0.1) is 0 Å². The Bertz CT molecular complexity index is 563. The molecule has 0 amide bonds. The van der Waals surface area contributed by atoms with E-state index < -0.39 is 6.10 Å². The number of nitrogens with zero attached hydrogens (tertiary/aromatic N) is 1. The lowest BCUT2D eigenvalue weighted by Crippen LogP contribution is -2.13. The zero-order valence-corrected chi connectivity index (χ0v) is 11.4. The number of aliphatic hydroxyl groups excluding tert-OH is 1. The molecule has 0 bridgehead atoms. The number of aryl methyl sites for hydroxylation is 1. The van der Waals surface area contributed by atoms with Crippen LogP contribution in [-0.4, -0.2) is 12.2 Å². The molecule has 0 aliphatic rings. The third kappa shape index (κ3) is 2.93. The number of benzene rings is 2. The van der Waals surface area contributed by atoms with Crippen LogP contribution >= 0.6 is 0 Å². The Kier molecular flexibility index (Phi) is 3.86. The van der Waals surface area contributed by atoms with Crippen LogP contribution in [0.15, 0.2) is 42.5 Å². The maximum atomic E-state index is 13.3. The highest BCUT2D eigenvalue weighted by Crippen LogP contribution is 2.31. The van der Waals surface area contributed by atoms with Crippen LogP contribution in [0.4, 0.5) is 15.8 Å². The van der Waals surface area contributed by atoms with Crippen LogP contribution in [0.2, 0.25) is 0 Å². The first-order valence-electron chi connectivity index (χ1n) is 6.27. The second-order valence-electron chi connectivity index (χ2n) is 4.77. The summed E-state index contributed by atoms with van der Waals surface area (Å²) in [4.78, 5) is 1.95. The van der Waals surface area contributed by atoms with Gasteiger partial charge >= 0.3 is 0 Å². The number of anilines is 2. The summed E-state index contributed by atoms with van der Waals surface area (Å²) in [5, 5.41) is 9.78. The van der Waals surface area contributed by atoms with E-state index in [1.54, 1.807) is 13.0 Å². The molecule has 0 aliphatic carbocycles. The maximum Gasteiger partial charge on any atom is 0.123 e. The number of halogens is 1. The quantitative estimate of drug-likeness (QED) is 0.902. The first-order chi connectivity index (χ1) is 8.99. The summed E-state index contributed by atoms with van der Waals surface area (Å²) < 4.78 is 13.3. The van der Waals surface area contributed by atoms with E-state index in [1.165, 1.54) is 17.7 Å². The molecule has 0 fully saturated rings. The van der Waals surface area contributed by atoms with E-state index in [9.17, 15) is 9.50 Å². The van der Waals surface area contributed by atoms with Gasteiger partial charge in [-0.1, -0.05) is 17.7 Å². The van der Waals surface area contributed by atoms with Crippen molar-refractivity contribution in [2.45, 2.75) is 20.0 Å². The standard InChI is InChI=1S/C16H18FNO/c1-11-4-7-14(8-5-11)18(3)16-9-6-13(17)10-15(16)12(2)19/h4-10,12,19H,1-3H3. The van der Waals surface area contributed by atoms with Crippen molar-refractivity contribution in [3.8, 4) is 0 Å². The Hall–Kier alpha value is -1.87. The van der Waals surface area contributed by atoms with Crippen molar-refractivity contribution >= 4 is 11.4 Å². The fraction of sp³-hybridized carbons (Fsp3) is 0.250. The number of hydrogen-bond acceptors (Lipinski definition) is 2. The van der Waals surface area contributed by atoms with E-state index in [4.69, 9.17) is 0 Å². The molecule has 0 saturated heterocycles. The highest BCUT2D eigenvalue weighted by atomic mass is 19.1. The summed E-state index contributed by atoms with van der Waals surface area (Å²) in [7, 11) is 1.91. The van der Waals surface area contributed by atoms with Gasteiger partial charge in [-0.25, -0.2) is 4.39 Å². The van der Waals surface area contributed by atoms with Crippen molar-refractivity contribution in [2.75, 3.05) is 11.9 Å². The third-order valence-corrected chi connectivity index (χ3v) is 3.22. The minimum atomic E-state index is -0.710. The van der Waals surface area contributed by atoms with Crippen molar-refractivity contribution in [2.24, 2.45) is 0 Å². The minimum Gasteiger partial charge on any atom is -0.389 e. The lowest BCUT2D eigenvalue weighted by molar-refractivity contribution is 0.199. The van der Waals surface area contributed by atoms with Gasteiger partial charge < -0.3 is 10.0 Å². The molecule has 2 nitrogen and oxygen atoms in total. The summed E-state index contributed by atoms with van der Waals surface area (Å²) in [5.41, 5.74) is 3.58. The van der Waals surface area contributed by atoms with Gasteiger partial charge in [0.1, 0.15) is 5.82 Å². The normalized spacial score (nSPS) is 12.3. The van der Waals surface area contributed by atoms with Crippen LogP contribution < -0.4 is 4.90 Å². The minimum absolute atomic E-state index is 0.336. The average Bonchev–Trinajstić information content (AvgIpc) is 2.38. The number of rotatable bonds is 3. The molecule has 1 atom stereocenters. The highest BCUT2D eigenvalue weighted by molar-refractivity contribution is 5.66. The average molecular weight is 259 g/mol. The van der Waals surface area contributed by atoms with Crippen LogP contribution in [0.1, 0.15) is 24.2 Å². The van der Waals surface area contributed by atoms with Crippen molar-refractivity contribution in [3.63, 3.8) is 0 Å². The van der Waals surface area contributed by atoms with Crippen molar-refractivity contribution in [3.05, 3.63) is 59.4 Å². The molecule has 0 spiro atoms. The van der Waals surface area contributed by atoms with E-state index in [1.807, 2.05) is 43.1 Å².